The predicted octanol–water partition coefficient (Wildman–Crippen LogP) is 1.26. The summed E-state index contributed by atoms with van der Waals surface area (Å²) >= 11 is 0. The van der Waals surface area contributed by atoms with E-state index >= 15 is 0 Å². The lowest BCUT2D eigenvalue weighted by Gasteiger charge is -2.20. The molecule has 1 amide bonds. The topological polar surface area (TPSA) is 32.8 Å². The van der Waals surface area contributed by atoms with Crippen LogP contribution in [0.2, 0.25) is 0 Å². The molecule has 0 N–H and O–H groups in total. The summed E-state index contributed by atoms with van der Waals surface area (Å²) in [7, 11) is 7.46. The molecule has 1 aromatic carbocycles. The molecule has 0 radical (unpaired) electrons. The van der Waals surface area contributed by atoms with Gasteiger partial charge in [0.05, 0.1) is 13.5 Å². The van der Waals surface area contributed by atoms with Gasteiger partial charge in [-0.25, -0.2) is 0 Å². The van der Waals surface area contributed by atoms with E-state index in [0.29, 0.717) is 6.42 Å². The maximum absolute atomic E-state index is 12.0. The molecule has 0 saturated carbocycles. The van der Waals surface area contributed by atoms with Crippen LogP contribution in [0.5, 0.6) is 5.75 Å². The lowest BCUT2D eigenvalue weighted by atomic mass is 10.1. The minimum atomic E-state index is 0.112. The summed E-state index contributed by atoms with van der Waals surface area (Å²) in [5.74, 6) is 0.883. The average molecular weight is 250 g/mol. The smallest absolute Gasteiger partial charge is 0.226 e. The number of likely N-dealkylation sites (N-methyl/N-ethyl adjacent to an activating group) is 2. The highest BCUT2D eigenvalue weighted by Gasteiger charge is 2.12. The number of rotatable bonds is 6. The second-order valence-electron chi connectivity index (χ2n) is 4.61. The predicted molar refractivity (Wildman–Crippen MR) is 72.9 cm³/mol. The van der Waals surface area contributed by atoms with Crippen molar-refractivity contribution in [3.63, 3.8) is 0 Å². The molecule has 0 heterocycles. The number of benzene rings is 1. The Labute approximate surface area is 109 Å². The lowest BCUT2D eigenvalue weighted by molar-refractivity contribution is -0.129. The Bertz CT molecular complexity index is 391. The molecule has 4 heteroatoms. The van der Waals surface area contributed by atoms with E-state index in [9.17, 15) is 4.79 Å². The van der Waals surface area contributed by atoms with E-state index in [-0.39, 0.29) is 5.91 Å². The van der Waals surface area contributed by atoms with E-state index in [0.717, 1.165) is 24.4 Å². The molecule has 100 valence electrons. The van der Waals surface area contributed by atoms with Crippen molar-refractivity contribution in [1.29, 1.82) is 0 Å². The highest BCUT2D eigenvalue weighted by molar-refractivity contribution is 5.79. The summed E-state index contributed by atoms with van der Waals surface area (Å²) in [6, 6.07) is 7.63. The van der Waals surface area contributed by atoms with Crippen LogP contribution in [0.3, 0.4) is 0 Å². The summed E-state index contributed by atoms with van der Waals surface area (Å²) < 4.78 is 5.25. The first-order chi connectivity index (χ1) is 8.54. The van der Waals surface area contributed by atoms with Gasteiger partial charge < -0.3 is 14.5 Å². The highest BCUT2D eigenvalue weighted by atomic mass is 16.5. The van der Waals surface area contributed by atoms with Crippen molar-refractivity contribution in [3.8, 4) is 5.75 Å². The van der Waals surface area contributed by atoms with E-state index < -0.39 is 0 Å². The Kier molecular flexibility index (Phi) is 5.65. The van der Waals surface area contributed by atoms with Crippen LogP contribution in [0.1, 0.15) is 5.56 Å². The second-order valence-corrected chi connectivity index (χ2v) is 4.61. The molecule has 18 heavy (non-hydrogen) atoms. The lowest BCUT2D eigenvalue weighted by Crippen LogP contribution is -2.34. The van der Waals surface area contributed by atoms with Gasteiger partial charge in [-0.2, -0.15) is 0 Å². The molecule has 1 rings (SSSR count). The van der Waals surface area contributed by atoms with Crippen LogP contribution in [0.4, 0.5) is 0 Å². The van der Waals surface area contributed by atoms with Crippen LogP contribution in [0.15, 0.2) is 24.3 Å². The Morgan fingerprint density at radius 3 is 2.44 bits per heavy atom. The first kappa shape index (κ1) is 14.5. The van der Waals surface area contributed by atoms with Crippen molar-refractivity contribution < 1.29 is 9.53 Å². The van der Waals surface area contributed by atoms with Gasteiger partial charge in [-0.05, 0) is 20.2 Å². The molecule has 0 fully saturated rings. The molecule has 0 spiro atoms. The molecule has 0 aromatic heterocycles. The molecule has 0 aliphatic rings. The summed E-state index contributed by atoms with van der Waals surface area (Å²) in [6.45, 7) is 1.61. The Hall–Kier alpha value is -1.55. The Morgan fingerprint density at radius 2 is 1.83 bits per heavy atom. The molecule has 0 bridgehead atoms. The van der Waals surface area contributed by atoms with E-state index in [2.05, 4.69) is 4.90 Å². The number of carbonyl (C=O) groups is 1. The molecule has 1 aromatic rings. The Balaban J connectivity index is 2.58. The standard InChI is InChI=1S/C14H22N2O2/c1-15(2)9-10-16(3)14(17)11-12-7-5-6-8-13(12)18-4/h5-8H,9-11H2,1-4H3. The van der Waals surface area contributed by atoms with Crippen molar-refractivity contribution in [2.45, 2.75) is 6.42 Å². The quantitative estimate of drug-likeness (QED) is 0.762. The first-order valence-electron chi connectivity index (χ1n) is 6.05. The Morgan fingerprint density at radius 1 is 1.17 bits per heavy atom. The number of para-hydroxylation sites is 1. The molecule has 0 aliphatic carbocycles. The van der Waals surface area contributed by atoms with Crippen LogP contribution in [-0.4, -0.2) is 57.0 Å². The van der Waals surface area contributed by atoms with Crippen LogP contribution in [-0.2, 0) is 11.2 Å². The highest BCUT2D eigenvalue weighted by Crippen LogP contribution is 2.18. The summed E-state index contributed by atoms with van der Waals surface area (Å²) in [6.07, 6.45) is 0.383. The molecule has 4 nitrogen and oxygen atoms in total. The van der Waals surface area contributed by atoms with E-state index in [1.54, 1.807) is 12.0 Å². The van der Waals surface area contributed by atoms with Crippen molar-refractivity contribution in [3.05, 3.63) is 29.8 Å². The third kappa shape index (κ3) is 4.37. The van der Waals surface area contributed by atoms with E-state index in [1.807, 2.05) is 45.4 Å². The summed E-state index contributed by atoms with van der Waals surface area (Å²) in [5.41, 5.74) is 0.932. The third-order valence-corrected chi connectivity index (χ3v) is 2.84. The first-order valence-corrected chi connectivity index (χ1v) is 6.05. The molecule has 0 unspecified atom stereocenters. The average Bonchev–Trinajstić information content (AvgIpc) is 2.36. The monoisotopic (exact) mass is 250 g/mol. The number of amides is 1. The summed E-state index contributed by atoms with van der Waals surface area (Å²) in [5, 5.41) is 0. The van der Waals surface area contributed by atoms with Gasteiger partial charge in [-0.1, -0.05) is 18.2 Å². The number of hydrogen-bond donors (Lipinski definition) is 0. The fraction of sp³-hybridized carbons (Fsp3) is 0.500. The number of methoxy groups -OCH3 is 1. The zero-order valence-electron chi connectivity index (χ0n) is 11.6. The molecule has 0 saturated heterocycles. The third-order valence-electron chi connectivity index (χ3n) is 2.84. The van der Waals surface area contributed by atoms with Gasteiger partial charge in [0.25, 0.3) is 0 Å². The molecular weight excluding hydrogens is 228 g/mol. The fourth-order valence-electron chi connectivity index (χ4n) is 1.62. The van der Waals surface area contributed by atoms with Crippen molar-refractivity contribution in [2.24, 2.45) is 0 Å². The number of nitrogens with zero attached hydrogens (tertiary/aromatic N) is 2. The maximum Gasteiger partial charge on any atom is 0.226 e. The van der Waals surface area contributed by atoms with Crippen molar-refractivity contribution in [2.75, 3.05) is 41.3 Å². The van der Waals surface area contributed by atoms with Crippen LogP contribution in [0, 0.1) is 0 Å². The fourth-order valence-corrected chi connectivity index (χ4v) is 1.62. The molecular formula is C14H22N2O2. The van der Waals surface area contributed by atoms with Gasteiger partial charge in [0, 0.05) is 25.7 Å². The minimum absolute atomic E-state index is 0.112. The van der Waals surface area contributed by atoms with Gasteiger partial charge in [-0.3, -0.25) is 4.79 Å². The number of ether oxygens (including phenoxy) is 1. The van der Waals surface area contributed by atoms with Crippen LogP contribution < -0.4 is 4.74 Å². The molecule has 0 atom stereocenters. The van der Waals surface area contributed by atoms with Gasteiger partial charge in [0.15, 0.2) is 0 Å². The van der Waals surface area contributed by atoms with Gasteiger partial charge in [0.2, 0.25) is 5.91 Å². The van der Waals surface area contributed by atoms with E-state index in [4.69, 9.17) is 4.74 Å². The number of hydrogen-bond acceptors (Lipinski definition) is 3. The van der Waals surface area contributed by atoms with Gasteiger partial charge >= 0.3 is 0 Å². The number of carbonyl (C=O) groups excluding carboxylic acids is 1. The van der Waals surface area contributed by atoms with Crippen LogP contribution in [0.25, 0.3) is 0 Å². The van der Waals surface area contributed by atoms with Gasteiger partial charge in [-0.15, -0.1) is 0 Å². The van der Waals surface area contributed by atoms with Gasteiger partial charge in [0.1, 0.15) is 5.75 Å². The van der Waals surface area contributed by atoms with E-state index in [1.165, 1.54) is 0 Å². The summed E-state index contributed by atoms with van der Waals surface area (Å²) in [4.78, 5) is 15.9. The SMILES string of the molecule is COc1ccccc1CC(=O)N(C)CCN(C)C. The zero-order chi connectivity index (χ0) is 13.5. The zero-order valence-corrected chi connectivity index (χ0v) is 11.6. The molecule has 0 aliphatic heterocycles. The maximum atomic E-state index is 12.0. The minimum Gasteiger partial charge on any atom is -0.496 e. The van der Waals surface area contributed by atoms with Crippen molar-refractivity contribution in [1.82, 2.24) is 9.80 Å². The van der Waals surface area contributed by atoms with Crippen molar-refractivity contribution >= 4 is 5.91 Å². The normalized spacial score (nSPS) is 10.5. The second kappa shape index (κ2) is 7.01. The van der Waals surface area contributed by atoms with Crippen LogP contribution >= 0.6 is 0 Å². The largest absolute Gasteiger partial charge is 0.496 e.